The van der Waals surface area contributed by atoms with Gasteiger partial charge in [0.1, 0.15) is 11.4 Å². The van der Waals surface area contributed by atoms with Gasteiger partial charge in [-0.2, -0.15) is 0 Å². The number of fused-ring (bicyclic) bond motifs is 4. The van der Waals surface area contributed by atoms with Crippen LogP contribution in [0.3, 0.4) is 0 Å². The van der Waals surface area contributed by atoms with Crippen LogP contribution in [0.5, 0.6) is 5.75 Å². The van der Waals surface area contributed by atoms with E-state index in [1.807, 2.05) is 6.21 Å². The molecule has 3 aromatic rings. The molecule has 0 unspecified atom stereocenters. The Kier molecular flexibility index (Phi) is 3.61. The number of hydrogen-bond donors (Lipinski definition) is 0. The van der Waals surface area contributed by atoms with E-state index in [0.29, 0.717) is 5.92 Å². The Morgan fingerprint density at radius 2 is 1.71 bits per heavy atom. The van der Waals surface area contributed by atoms with Crippen LogP contribution in [0.2, 0.25) is 0 Å². The predicted molar refractivity (Wildman–Crippen MR) is 117 cm³/mol. The molecule has 142 valence electrons. The first kappa shape index (κ1) is 17.3. The maximum atomic E-state index is 6.88. The van der Waals surface area contributed by atoms with E-state index >= 15 is 0 Å². The third-order valence-electron chi connectivity index (χ3n) is 6.21. The molecule has 28 heavy (non-hydrogen) atoms. The number of hydrogen-bond acceptors (Lipinski definition) is 3. The molecule has 0 amide bonds. The average Bonchev–Trinajstić information content (AvgIpc) is 2.86. The molecular weight excluding hydrogens is 344 g/mol. The summed E-state index contributed by atoms with van der Waals surface area (Å²) >= 11 is 0. The highest BCUT2D eigenvalue weighted by molar-refractivity contribution is 5.99. The topological polar surface area (TPSA) is 24.8 Å². The van der Waals surface area contributed by atoms with E-state index in [-0.39, 0.29) is 5.41 Å². The molecule has 3 aromatic carbocycles. The van der Waals surface area contributed by atoms with Gasteiger partial charge in [-0.25, -0.2) is 0 Å². The van der Waals surface area contributed by atoms with Gasteiger partial charge in [0.15, 0.2) is 0 Å². The Morgan fingerprint density at radius 3 is 2.54 bits per heavy atom. The lowest BCUT2D eigenvalue weighted by molar-refractivity contribution is 0.0757. The van der Waals surface area contributed by atoms with E-state index < -0.39 is 5.72 Å². The zero-order valence-electron chi connectivity index (χ0n) is 16.9. The number of aliphatic imine (C=N–C) groups is 1. The predicted octanol–water partition coefficient (Wildman–Crippen LogP) is 6.08. The fourth-order valence-electron chi connectivity index (χ4n) is 4.76. The van der Waals surface area contributed by atoms with Crippen molar-refractivity contribution in [3.05, 3.63) is 66.2 Å². The molecule has 2 heterocycles. The van der Waals surface area contributed by atoms with E-state index in [9.17, 15) is 0 Å². The zero-order chi connectivity index (χ0) is 19.5. The number of ether oxygens (including phenoxy) is 1. The summed E-state index contributed by atoms with van der Waals surface area (Å²) in [7, 11) is 0. The number of anilines is 1. The summed E-state index contributed by atoms with van der Waals surface area (Å²) < 4.78 is 6.88. The van der Waals surface area contributed by atoms with Crippen LogP contribution in [0.25, 0.3) is 10.8 Å². The van der Waals surface area contributed by atoms with Gasteiger partial charge in [-0.05, 0) is 42.8 Å². The first-order valence-corrected chi connectivity index (χ1v) is 10.1. The minimum atomic E-state index is -0.629. The van der Waals surface area contributed by atoms with Gasteiger partial charge in [0, 0.05) is 17.6 Å². The number of para-hydroxylation sites is 1. The Labute approximate surface area is 166 Å². The van der Waals surface area contributed by atoms with Gasteiger partial charge < -0.3 is 9.64 Å². The van der Waals surface area contributed by atoms with Crippen LogP contribution in [-0.2, 0) is 5.41 Å². The molecule has 0 bridgehead atoms. The van der Waals surface area contributed by atoms with Gasteiger partial charge in [0.25, 0.3) is 0 Å². The summed E-state index contributed by atoms with van der Waals surface area (Å²) in [5, 5.41) is 2.32. The number of nitrogens with zero attached hydrogens (tertiary/aromatic N) is 2. The Balaban J connectivity index is 1.71. The van der Waals surface area contributed by atoms with Crippen molar-refractivity contribution in [2.75, 3.05) is 11.4 Å². The third kappa shape index (κ3) is 2.19. The van der Waals surface area contributed by atoms with Crippen molar-refractivity contribution in [3.63, 3.8) is 0 Å². The van der Waals surface area contributed by atoms with Crippen LogP contribution < -0.4 is 9.64 Å². The zero-order valence-corrected chi connectivity index (χ0v) is 16.9. The normalized spacial score (nSPS) is 21.8. The van der Waals surface area contributed by atoms with E-state index in [1.54, 1.807) is 0 Å². The van der Waals surface area contributed by atoms with Gasteiger partial charge >= 0.3 is 0 Å². The molecule has 0 fully saturated rings. The van der Waals surface area contributed by atoms with Crippen molar-refractivity contribution < 1.29 is 4.74 Å². The van der Waals surface area contributed by atoms with Crippen LogP contribution >= 0.6 is 0 Å². The molecule has 1 spiro atoms. The second kappa shape index (κ2) is 5.84. The van der Waals surface area contributed by atoms with Crippen LogP contribution in [0.15, 0.2) is 65.7 Å². The van der Waals surface area contributed by atoms with Gasteiger partial charge in [-0.3, -0.25) is 4.99 Å². The molecule has 0 radical (unpaired) electrons. The molecule has 3 nitrogen and oxygen atoms in total. The van der Waals surface area contributed by atoms with Crippen molar-refractivity contribution >= 4 is 28.4 Å². The monoisotopic (exact) mass is 370 g/mol. The van der Waals surface area contributed by atoms with Gasteiger partial charge in [0.2, 0.25) is 5.72 Å². The summed E-state index contributed by atoms with van der Waals surface area (Å²) in [6.45, 7) is 9.95. The SMILES string of the molecule is CC(C)CN1c2ccccc2C(C)(C)[C@]12C=Nc1c(ccc3ccccc13)O2. The second-order valence-electron chi connectivity index (χ2n) is 8.84. The fourth-order valence-corrected chi connectivity index (χ4v) is 4.76. The molecule has 3 heteroatoms. The molecule has 5 rings (SSSR count). The smallest absolute Gasteiger partial charge is 0.228 e. The van der Waals surface area contributed by atoms with Gasteiger partial charge in [-0.1, -0.05) is 62.4 Å². The lowest BCUT2D eigenvalue weighted by Gasteiger charge is -2.46. The molecule has 1 atom stereocenters. The molecule has 0 saturated carbocycles. The minimum absolute atomic E-state index is 0.231. The molecule has 0 N–H and O–H groups in total. The largest absolute Gasteiger partial charge is 0.459 e. The van der Waals surface area contributed by atoms with Crippen LogP contribution in [0.4, 0.5) is 11.4 Å². The summed E-state index contributed by atoms with van der Waals surface area (Å²) in [6.07, 6.45) is 2.05. The quantitative estimate of drug-likeness (QED) is 0.546. The van der Waals surface area contributed by atoms with Crippen molar-refractivity contribution in [1.82, 2.24) is 0 Å². The molecule has 2 aliphatic rings. The highest BCUT2D eigenvalue weighted by Crippen LogP contribution is 2.54. The Bertz CT molecular complexity index is 1100. The standard InChI is InChI=1S/C25H26N2O/c1-17(2)15-27-21-12-8-7-11-20(21)24(3,4)25(27)16-26-23-19-10-6-5-9-18(19)13-14-22(23)28-25/h5-14,16-17H,15H2,1-4H3/t25-/m1/s1. The van der Waals surface area contributed by atoms with E-state index in [0.717, 1.165) is 23.4 Å². The van der Waals surface area contributed by atoms with Crippen molar-refractivity contribution in [1.29, 1.82) is 0 Å². The third-order valence-corrected chi connectivity index (χ3v) is 6.21. The Morgan fingerprint density at radius 1 is 0.964 bits per heavy atom. The van der Waals surface area contributed by atoms with E-state index in [4.69, 9.17) is 9.73 Å². The van der Waals surface area contributed by atoms with Gasteiger partial charge in [-0.15, -0.1) is 0 Å². The highest BCUT2D eigenvalue weighted by atomic mass is 16.5. The first-order valence-electron chi connectivity index (χ1n) is 10.1. The molecule has 0 aliphatic carbocycles. The lowest BCUT2D eigenvalue weighted by Crippen LogP contribution is -2.62. The molecule has 0 aromatic heterocycles. The number of rotatable bonds is 2. The average molecular weight is 370 g/mol. The van der Waals surface area contributed by atoms with E-state index in [2.05, 4.69) is 93.3 Å². The Hall–Kier alpha value is -2.81. The van der Waals surface area contributed by atoms with Gasteiger partial charge in [0.05, 0.1) is 11.6 Å². The second-order valence-corrected chi connectivity index (χ2v) is 8.84. The highest BCUT2D eigenvalue weighted by Gasteiger charge is 2.59. The first-order chi connectivity index (χ1) is 13.4. The van der Waals surface area contributed by atoms with Crippen LogP contribution in [0.1, 0.15) is 33.3 Å². The molecule has 0 saturated heterocycles. The number of benzene rings is 3. The summed E-state index contributed by atoms with van der Waals surface area (Å²) in [6, 6.07) is 21.2. The van der Waals surface area contributed by atoms with E-state index in [1.165, 1.54) is 16.6 Å². The maximum Gasteiger partial charge on any atom is 0.228 e. The van der Waals surface area contributed by atoms with Crippen molar-refractivity contribution in [2.45, 2.75) is 38.8 Å². The maximum absolute atomic E-state index is 6.88. The lowest BCUT2D eigenvalue weighted by atomic mass is 9.77. The van der Waals surface area contributed by atoms with Crippen molar-refractivity contribution in [2.24, 2.45) is 10.9 Å². The molecular formula is C25H26N2O. The fraction of sp³-hybridized carbons (Fsp3) is 0.320. The summed E-state index contributed by atoms with van der Waals surface area (Å²) in [5.41, 5.74) is 2.63. The van der Waals surface area contributed by atoms with Crippen molar-refractivity contribution in [3.8, 4) is 5.75 Å². The van der Waals surface area contributed by atoms with Crippen LogP contribution in [-0.4, -0.2) is 18.5 Å². The van der Waals surface area contributed by atoms with Crippen LogP contribution in [0, 0.1) is 5.92 Å². The minimum Gasteiger partial charge on any atom is -0.459 e. The summed E-state index contributed by atoms with van der Waals surface area (Å²) in [5.74, 6) is 1.37. The summed E-state index contributed by atoms with van der Waals surface area (Å²) in [4.78, 5) is 7.41. The molecule has 2 aliphatic heterocycles.